The summed E-state index contributed by atoms with van der Waals surface area (Å²) in [5.41, 5.74) is -0.301. The topological polar surface area (TPSA) is 21.3 Å². The molecule has 0 radical (unpaired) electrons. The van der Waals surface area contributed by atoms with E-state index >= 15 is 0 Å². The summed E-state index contributed by atoms with van der Waals surface area (Å²) in [5.74, 6) is 0. The van der Waals surface area contributed by atoms with E-state index in [1.807, 2.05) is 6.92 Å². The molecule has 0 aliphatic rings. The van der Waals surface area contributed by atoms with Crippen molar-refractivity contribution in [3.05, 3.63) is 35.4 Å². The fourth-order valence-electron chi connectivity index (χ4n) is 2.34. The van der Waals surface area contributed by atoms with Crippen LogP contribution in [0.2, 0.25) is 0 Å². The van der Waals surface area contributed by atoms with Gasteiger partial charge in [0, 0.05) is 19.2 Å². The Balaban J connectivity index is 2.88. The molecule has 0 heterocycles. The van der Waals surface area contributed by atoms with Crippen LogP contribution < -0.4 is 5.32 Å². The average Bonchev–Trinajstić information content (AvgIpc) is 2.38. The van der Waals surface area contributed by atoms with Gasteiger partial charge < -0.3 is 10.1 Å². The molecule has 0 aliphatic carbocycles. The average molecular weight is 289 g/mol. The summed E-state index contributed by atoms with van der Waals surface area (Å²) in [6.45, 7) is 4.29. The van der Waals surface area contributed by atoms with E-state index in [9.17, 15) is 13.2 Å². The smallest absolute Gasteiger partial charge is 0.383 e. The van der Waals surface area contributed by atoms with Crippen molar-refractivity contribution in [3.63, 3.8) is 0 Å². The molecule has 0 aromatic heterocycles. The lowest BCUT2D eigenvalue weighted by atomic mass is 10.00. The molecule has 0 amide bonds. The fourth-order valence-corrected chi connectivity index (χ4v) is 2.34. The number of rotatable bonds is 7. The Hall–Kier alpha value is -1.07. The monoisotopic (exact) mass is 289 g/mol. The molecular weight excluding hydrogens is 267 g/mol. The molecule has 2 nitrogen and oxygen atoms in total. The van der Waals surface area contributed by atoms with Crippen LogP contribution in [-0.2, 0) is 10.9 Å². The van der Waals surface area contributed by atoms with Crippen molar-refractivity contribution < 1.29 is 17.9 Å². The maximum Gasteiger partial charge on any atom is 0.416 e. The SMILES string of the molecule is CCCC(COC)NC(C)c1ccccc1C(F)(F)F. The van der Waals surface area contributed by atoms with E-state index < -0.39 is 11.7 Å². The van der Waals surface area contributed by atoms with E-state index in [1.54, 1.807) is 20.1 Å². The summed E-state index contributed by atoms with van der Waals surface area (Å²) < 4.78 is 44.1. The van der Waals surface area contributed by atoms with Crippen LogP contribution in [0.25, 0.3) is 0 Å². The maximum atomic E-state index is 13.0. The Morgan fingerprint density at radius 2 is 1.90 bits per heavy atom. The van der Waals surface area contributed by atoms with Gasteiger partial charge in [0.25, 0.3) is 0 Å². The van der Waals surface area contributed by atoms with Crippen molar-refractivity contribution >= 4 is 0 Å². The quantitative estimate of drug-likeness (QED) is 0.813. The number of nitrogens with one attached hydrogen (secondary N) is 1. The largest absolute Gasteiger partial charge is 0.416 e. The van der Waals surface area contributed by atoms with Gasteiger partial charge in [-0.2, -0.15) is 13.2 Å². The van der Waals surface area contributed by atoms with Crippen molar-refractivity contribution in [2.24, 2.45) is 0 Å². The second kappa shape index (κ2) is 7.64. The van der Waals surface area contributed by atoms with Gasteiger partial charge in [-0.05, 0) is 25.0 Å². The molecule has 5 heteroatoms. The molecule has 0 bridgehead atoms. The highest BCUT2D eigenvalue weighted by molar-refractivity contribution is 5.32. The number of methoxy groups -OCH3 is 1. The number of hydrogen-bond donors (Lipinski definition) is 1. The molecule has 0 saturated heterocycles. The molecule has 0 aliphatic heterocycles. The molecule has 2 unspecified atom stereocenters. The Morgan fingerprint density at radius 3 is 2.45 bits per heavy atom. The van der Waals surface area contributed by atoms with Gasteiger partial charge in [0.2, 0.25) is 0 Å². The van der Waals surface area contributed by atoms with Crippen LogP contribution in [0.15, 0.2) is 24.3 Å². The van der Waals surface area contributed by atoms with Gasteiger partial charge >= 0.3 is 6.18 Å². The molecule has 1 N–H and O–H groups in total. The van der Waals surface area contributed by atoms with Gasteiger partial charge in [0.15, 0.2) is 0 Å². The predicted molar refractivity (Wildman–Crippen MR) is 73.6 cm³/mol. The van der Waals surface area contributed by atoms with Crippen molar-refractivity contribution in [2.75, 3.05) is 13.7 Å². The van der Waals surface area contributed by atoms with Crippen LogP contribution in [0.4, 0.5) is 13.2 Å². The first-order valence-corrected chi connectivity index (χ1v) is 6.81. The first kappa shape index (κ1) is 17.0. The zero-order valence-corrected chi connectivity index (χ0v) is 12.1. The third kappa shape index (κ3) is 4.80. The molecular formula is C15H22F3NO. The Labute approximate surface area is 118 Å². The highest BCUT2D eigenvalue weighted by Crippen LogP contribution is 2.34. The summed E-state index contributed by atoms with van der Waals surface area (Å²) in [4.78, 5) is 0. The number of benzene rings is 1. The van der Waals surface area contributed by atoms with Crippen molar-refractivity contribution in [1.82, 2.24) is 5.32 Å². The Kier molecular flexibility index (Phi) is 6.49. The fraction of sp³-hybridized carbons (Fsp3) is 0.600. The van der Waals surface area contributed by atoms with Crippen LogP contribution in [0, 0.1) is 0 Å². The third-order valence-corrected chi connectivity index (χ3v) is 3.22. The summed E-state index contributed by atoms with van der Waals surface area (Å²) in [6.07, 6.45) is -2.50. The molecule has 1 aromatic rings. The predicted octanol–water partition coefficient (Wildman–Crippen LogP) is 4.17. The van der Waals surface area contributed by atoms with E-state index in [2.05, 4.69) is 5.32 Å². The lowest BCUT2D eigenvalue weighted by Crippen LogP contribution is -2.35. The minimum atomic E-state index is -4.33. The van der Waals surface area contributed by atoms with Gasteiger partial charge in [-0.15, -0.1) is 0 Å². The summed E-state index contributed by atoms with van der Waals surface area (Å²) >= 11 is 0. The van der Waals surface area contributed by atoms with E-state index in [0.717, 1.165) is 18.9 Å². The van der Waals surface area contributed by atoms with Crippen molar-refractivity contribution in [2.45, 2.75) is 44.9 Å². The van der Waals surface area contributed by atoms with Crippen LogP contribution in [-0.4, -0.2) is 19.8 Å². The van der Waals surface area contributed by atoms with Gasteiger partial charge in [0.05, 0.1) is 12.2 Å². The first-order chi connectivity index (χ1) is 9.40. The highest BCUT2D eigenvalue weighted by atomic mass is 19.4. The number of alkyl halides is 3. The molecule has 1 rings (SSSR count). The van der Waals surface area contributed by atoms with E-state index in [1.165, 1.54) is 12.1 Å². The Morgan fingerprint density at radius 1 is 1.25 bits per heavy atom. The second-order valence-electron chi connectivity index (χ2n) is 4.91. The van der Waals surface area contributed by atoms with Crippen molar-refractivity contribution in [1.29, 1.82) is 0 Å². The molecule has 0 spiro atoms. The third-order valence-electron chi connectivity index (χ3n) is 3.22. The van der Waals surface area contributed by atoms with Crippen LogP contribution in [0.3, 0.4) is 0 Å². The maximum absolute atomic E-state index is 13.0. The molecule has 0 fully saturated rings. The highest BCUT2D eigenvalue weighted by Gasteiger charge is 2.34. The van der Waals surface area contributed by atoms with Crippen molar-refractivity contribution in [3.8, 4) is 0 Å². The first-order valence-electron chi connectivity index (χ1n) is 6.81. The van der Waals surface area contributed by atoms with E-state index in [0.29, 0.717) is 6.61 Å². The van der Waals surface area contributed by atoms with Gasteiger partial charge in [-0.1, -0.05) is 31.5 Å². The van der Waals surface area contributed by atoms with Crippen LogP contribution in [0.1, 0.15) is 43.9 Å². The number of hydrogen-bond acceptors (Lipinski definition) is 2. The standard InChI is InChI=1S/C15H22F3NO/c1-4-7-12(10-20-3)19-11(2)13-8-5-6-9-14(13)15(16,17)18/h5-6,8-9,11-12,19H,4,7,10H2,1-3H3. The summed E-state index contributed by atoms with van der Waals surface area (Å²) in [6, 6.07) is 5.38. The molecule has 114 valence electrons. The molecule has 20 heavy (non-hydrogen) atoms. The summed E-state index contributed by atoms with van der Waals surface area (Å²) in [7, 11) is 1.60. The lowest BCUT2D eigenvalue weighted by Gasteiger charge is -2.25. The van der Waals surface area contributed by atoms with Gasteiger partial charge in [-0.3, -0.25) is 0 Å². The summed E-state index contributed by atoms with van der Waals surface area (Å²) in [5, 5.41) is 3.22. The second-order valence-corrected chi connectivity index (χ2v) is 4.91. The molecule has 1 aromatic carbocycles. The van der Waals surface area contributed by atoms with Crippen LogP contribution >= 0.6 is 0 Å². The molecule has 2 atom stereocenters. The van der Waals surface area contributed by atoms with E-state index in [4.69, 9.17) is 4.74 Å². The van der Waals surface area contributed by atoms with Gasteiger partial charge in [0.1, 0.15) is 0 Å². The molecule has 0 saturated carbocycles. The van der Waals surface area contributed by atoms with E-state index in [-0.39, 0.29) is 17.6 Å². The number of ether oxygens (including phenoxy) is 1. The minimum Gasteiger partial charge on any atom is -0.383 e. The Bertz CT molecular complexity index is 400. The zero-order chi connectivity index (χ0) is 15.2. The van der Waals surface area contributed by atoms with Crippen LogP contribution in [0.5, 0.6) is 0 Å². The normalized spacial score (nSPS) is 15.1. The zero-order valence-electron chi connectivity index (χ0n) is 12.1. The number of halogens is 3. The minimum absolute atomic E-state index is 0.0567. The van der Waals surface area contributed by atoms with Gasteiger partial charge in [-0.25, -0.2) is 0 Å². The lowest BCUT2D eigenvalue weighted by molar-refractivity contribution is -0.138.